The van der Waals surface area contributed by atoms with Crippen molar-refractivity contribution in [3.05, 3.63) is 66.5 Å². The van der Waals surface area contributed by atoms with Gasteiger partial charge in [0.05, 0.1) is 10.2 Å². The molecule has 1 aromatic rings. The quantitative estimate of drug-likeness (QED) is 0.520. The van der Waals surface area contributed by atoms with E-state index in [0.717, 1.165) is 0 Å². The molecule has 9 heteroatoms. The largest absolute Gasteiger partial charge is 2.00 e. The first-order chi connectivity index (χ1) is 6.86. The minimum atomic E-state index is -1.75. The zero-order valence-corrected chi connectivity index (χ0v) is 9.11. The van der Waals surface area contributed by atoms with Crippen LogP contribution in [0.15, 0.2) is 30.3 Å². The molecule has 8 nitrogen and oxygen atoms in total. The Hall–Kier alpha value is -1.87. The Kier molecular flexibility index (Phi) is 16.1. The van der Waals surface area contributed by atoms with Crippen molar-refractivity contribution in [3.8, 4) is 0 Å². The number of rotatable bonds is 0. The predicted octanol–water partition coefficient (Wildman–Crippen LogP) is 1.51. The van der Waals surface area contributed by atoms with Gasteiger partial charge < -0.3 is 30.6 Å². The molecule has 91 valence electrons. The van der Waals surface area contributed by atoms with Gasteiger partial charge in [0.2, 0.25) is 0 Å². The van der Waals surface area contributed by atoms with Crippen LogP contribution in [-0.2, 0) is 16.8 Å². The van der Waals surface area contributed by atoms with Gasteiger partial charge in [0, 0.05) is 0 Å². The number of hydrogen-bond donors (Lipinski definition) is 0. The fourth-order valence-corrected chi connectivity index (χ4v) is 0.534. The van der Waals surface area contributed by atoms with Gasteiger partial charge in [-0.2, -0.15) is 0 Å². The van der Waals surface area contributed by atoms with Crippen molar-refractivity contribution in [3.63, 3.8) is 0 Å². The van der Waals surface area contributed by atoms with Gasteiger partial charge in [0.15, 0.2) is 0 Å². The summed E-state index contributed by atoms with van der Waals surface area (Å²) in [6, 6.07) is 10.3. The van der Waals surface area contributed by atoms with Gasteiger partial charge in [0.1, 0.15) is 0 Å². The summed E-state index contributed by atoms with van der Waals surface area (Å²) >= 11 is 0. The van der Waals surface area contributed by atoms with Crippen LogP contribution in [0.3, 0.4) is 0 Å². The van der Waals surface area contributed by atoms with Crippen molar-refractivity contribution in [1.82, 2.24) is 0 Å². The molecule has 0 bridgehead atoms. The third-order valence-electron chi connectivity index (χ3n) is 0.940. The van der Waals surface area contributed by atoms with E-state index in [0.29, 0.717) is 0 Å². The second kappa shape index (κ2) is 13.1. The average molecular weight is 275 g/mol. The first kappa shape index (κ1) is 19.7. The van der Waals surface area contributed by atoms with E-state index in [1.165, 1.54) is 5.56 Å². The maximum Gasteiger partial charge on any atom is 2.00 e. The molecule has 1 aromatic carbocycles. The Morgan fingerprint density at radius 2 is 1.12 bits per heavy atom. The molecule has 0 aliphatic carbocycles. The van der Waals surface area contributed by atoms with Crippen LogP contribution in [0.25, 0.3) is 0 Å². The van der Waals surface area contributed by atoms with Crippen LogP contribution in [0.1, 0.15) is 5.56 Å². The van der Waals surface area contributed by atoms with Crippen molar-refractivity contribution in [2.75, 3.05) is 0 Å². The molecule has 0 heterocycles. The van der Waals surface area contributed by atoms with Gasteiger partial charge in [-0.15, -0.1) is 0 Å². The van der Waals surface area contributed by atoms with Gasteiger partial charge in [-0.1, -0.05) is 35.9 Å². The maximum atomic E-state index is 8.25. The van der Waals surface area contributed by atoms with Crippen LogP contribution in [-0.4, -0.2) is 10.2 Å². The molecule has 0 saturated heterocycles. The zero-order valence-electron chi connectivity index (χ0n) is 8.06. The molecule has 0 fully saturated rings. The smallest absolute Gasteiger partial charge is 0.356 e. The second-order valence-electron chi connectivity index (χ2n) is 2.10. The standard InChI is InChI=1S/C7H8.Co.2NO3/c1-7-5-3-2-4-6-7;;2*2-1(3)4/h2-6H,1H3;;;/q;+2;2*-1. The van der Waals surface area contributed by atoms with Crippen molar-refractivity contribution >= 4 is 0 Å². The fraction of sp³-hybridized carbons (Fsp3) is 0.143. The summed E-state index contributed by atoms with van der Waals surface area (Å²) in [4.78, 5) is 16.5. The molecular formula is C7H8CoN2O6. The van der Waals surface area contributed by atoms with Crippen LogP contribution in [0.5, 0.6) is 0 Å². The Balaban J connectivity index is -0.000000166. The van der Waals surface area contributed by atoms with Gasteiger partial charge in [-0.05, 0) is 6.92 Å². The van der Waals surface area contributed by atoms with E-state index >= 15 is 0 Å². The first-order valence-corrected chi connectivity index (χ1v) is 3.51. The normalized spacial score (nSPS) is 6.81. The minimum absolute atomic E-state index is 0. The molecule has 1 rings (SSSR count). The molecule has 0 aliphatic rings. The van der Waals surface area contributed by atoms with Crippen LogP contribution >= 0.6 is 0 Å². The molecule has 0 saturated carbocycles. The van der Waals surface area contributed by atoms with Crippen molar-refractivity contribution in [1.29, 1.82) is 0 Å². The number of aryl methyl sites for hydroxylation is 1. The second-order valence-corrected chi connectivity index (χ2v) is 2.10. The van der Waals surface area contributed by atoms with Gasteiger partial charge >= 0.3 is 16.8 Å². The summed E-state index contributed by atoms with van der Waals surface area (Å²) in [6.45, 7) is 2.08. The van der Waals surface area contributed by atoms with Crippen LogP contribution in [0.4, 0.5) is 0 Å². The summed E-state index contributed by atoms with van der Waals surface area (Å²) in [5, 5.41) is 29.5. The van der Waals surface area contributed by atoms with Crippen LogP contribution in [0, 0.1) is 37.6 Å². The Labute approximate surface area is 101 Å². The summed E-state index contributed by atoms with van der Waals surface area (Å²) in [7, 11) is 0. The van der Waals surface area contributed by atoms with Gasteiger partial charge in [-0.25, -0.2) is 0 Å². The molecule has 0 spiro atoms. The van der Waals surface area contributed by atoms with Crippen molar-refractivity contribution < 1.29 is 27.0 Å². The molecule has 0 aliphatic heterocycles. The SMILES string of the molecule is Cc1ccccc1.O=[N+]([O-])[O-].O=[N+]([O-])[O-].[Co+2]. The van der Waals surface area contributed by atoms with Crippen LogP contribution < -0.4 is 0 Å². The average Bonchev–Trinajstić information content (AvgIpc) is 2.03. The van der Waals surface area contributed by atoms with Crippen molar-refractivity contribution in [2.24, 2.45) is 0 Å². The van der Waals surface area contributed by atoms with E-state index in [1.807, 2.05) is 18.2 Å². The topological polar surface area (TPSA) is 132 Å². The monoisotopic (exact) mass is 275 g/mol. The summed E-state index contributed by atoms with van der Waals surface area (Å²) in [5.41, 5.74) is 1.32. The minimum Gasteiger partial charge on any atom is -0.356 e. The number of nitrogens with zero attached hydrogens (tertiary/aromatic N) is 2. The molecule has 0 unspecified atom stereocenters. The van der Waals surface area contributed by atoms with E-state index in [9.17, 15) is 0 Å². The third-order valence-corrected chi connectivity index (χ3v) is 0.940. The van der Waals surface area contributed by atoms with Gasteiger partial charge in [-0.3, -0.25) is 0 Å². The number of benzene rings is 1. The predicted molar refractivity (Wildman–Crippen MR) is 51.9 cm³/mol. The Morgan fingerprint density at radius 1 is 0.875 bits per heavy atom. The molecular weight excluding hydrogens is 267 g/mol. The van der Waals surface area contributed by atoms with E-state index in [2.05, 4.69) is 19.1 Å². The molecule has 16 heavy (non-hydrogen) atoms. The molecule has 0 aromatic heterocycles. The van der Waals surface area contributed by atoms with E-state index in [4.69, 9.17) is 30.6 Å². The van der Waals surface area contributed by atoms with E-state index in [1.54, 1.807) is 0 Å². The molecule has 0 atom stereocenters. The first-order valence-electron chi connectivity index (χ1n) is 3.51. The van der Waals surface area contributed by atoms with Crippen molar-refractivity contribution in [2.45, 2.75) is 6.92 Å². The molecule has 1 radical (unpaired) electrons. The van der Waals surface area contributed by atoms with E-state index < -0.39 is 10.2 Å². The third kappa shape index (κ3) is 40.0. The Morgan fingerprint density at radius 3 is 1.25 bits per heavy atom. The zero-order chi connectivity index (χ0) is 12.3. The maximum absolute atomic E-state index is 8.25. The summed E-state index contributed by atoms with van der Waals surface area (Å²) < 4.78 is 0. The molecule has 0 N–H and O–H groups in total. The summed E-state index contributed by atoms with van der Waals surface area (Å²) in [5.74, 6) is 0. The number of hydrogen-bond acceptors (Lipinski definition) is 6. The van der Waals surface area contributed by atoms with Crippen LogP contribution in [0.2, 0.25) is 0 Å². The summed E-state index contributed by atoms with van der Waals surface area (Å²) in [6.07, 6.45) is 0. The van der Waals surface area contributed by atoms with Gasteiger partial charge in [0.25, 0.3) is 0 Å². The fourth-order valence-electron chi connectivity index (χ4n) is 0.534. The molecule has 0 amide bonds. The van der Waals surface area contributed by atoms with E-state index in [-0.39, 0.29) is 16.8 Å². The Bertz CT molecular complexity index is 274.